The van der Waals surface area contributed by atoms with Crippen LogP contribution in [-0.2, 0) is 6.18 Å². The number of hydrogen-bond acceptors (Lipinski definition) is 4. The molecule has 0 aromatic carbocycles. The van der Waals surface area contributed by atoms with Gasteiger partial charge in [-0.05, 0) is 26.2 Å². The van der Waals surface area contributed by atoms with Crippen molar-refractivity contribution < 1.29 is 18.0 Å². The molecule has 0 unspecified atom stereocenters. The SMILES string of the molecule is CNC(=O)c1csc2c(C(F)(F)F)c(C)c(N3CC[CH]CC3)nc12. The van der Waals surface area contributed by atoms with E-state index in [4.69, 9.17) is 0 Å². The summed E-state index contributed by atoms with van der Waals surface area (Å²) in [7, 11) is 1.45. The maximum atomic E-state index is 13.7. The molecule has 4 nitrogen and oxygen atoms in total. The van der Waals surface area contributed by atoms with Crippen LogP contribution in [0.2, 0.25) is 0 Å². The third-order valence-corrected chi connectivity index (χ3v) is 5.17. The molecular formula is C16H17F3N3OS. The predicted octanol–water partition coefficient (Wildman–Crippen LogP) is 3.79. The number of carbonyl (C=O) groups excluding carboxylic acids is 1. The maximum Gasteiger partial charge on any atom is 0.418 e. The fourth-order valence-corrected chi connectivity index (χ4v) is 4.13. The van der Waals surface area contributed by atoms with Gasteiger partial charge in [-0.15, -0.1) is 11.3 Å². The monoisotopic (exact) mass is 356 g/mol. The zero-order valence-corrected chi connectivity index (χ0v) is 14.1. The number of pyridine rings is 1. The van der Waals surface area contributed by atoms with Crippen LogP contribution in [0.5, 0.6) is 0 Å². The molecule has 0 atom stereocenters. The first-order valence-electron chi connectivity index (χ1n) is 7.62. The summed E-state index contributed by atoms with van der Waals surface area (Å²) in [5.41, 5.74) is -0.242. The van der Waals surface area contributed by atoms with Gasteiger partial charge >= 0.3 is 6.18 Å². The lowest BCUT2D eigenvalue weighted by Crippen LogP contribution is -2.31. The number of piperidine rings is 1. The number of hydrogen-bond donors (Lipinski definition) is 1. The summed E-state index contributed by atoms with van der Waals surface area (Å²) in [6.07, 6.45) is -0.749. The predicted molar refractivity (Wildman–Crippen MR) is 88.5 cm³/mol. The first-order valence-corrected chi connectivity index (χ1v) is 8.50. The highest BCUT2D eigenvalue weighted by molar-refractivity contribution is 7.17. The third kappa shape index (κ3) is 2.83. The van der Waals surface area contributed by atoms with Gasteiger partial charge in [0.25, 0.3) is 5.91 Å². The fourth-order valence-electron chi connectivity index (χ4n) is 3.02. The molecule has 1 fully saturated rings. The molecule has 1 saturated heterocycles. The van der Waals surface area contributed by atoms with Crippen molar-refractivity contribution in [1.29, 1.82) is 0 Å². The molecule has 8 heteroatoms. The van der Waals surface area contributed by atoms with Crippen molar-refractivity contribution in [3.05, 3.63) is 28.5 Å². The van der Waals surface area contributed by atoms with Crippen LogP contribution >= 0.6 is 11.3 Å². The molecule has 2 aromatic rings. The van der Waals surface area contributed by atoms with Crippen molar-refractivity contribution in [1.82, 2.24) is 10.3 Å². The molecule has 0 spiro atoms. The topological polar surface area (TPSA) is 45.2 Å². The Morgan fingerprint density at radius 2 is 2.00 bits per heavy atom. The van der Waals surface area contributed by atoms with Gasteiger partial charge in [0.05, 0.1) is 21.3 Å². The van der Waals surface area contributed by atoms with Crippen molar-refractivity contribution in [2.24, 2.45) is 0 Å². The minimum absolute atomic E-state index is 0.0194. The third-order valence-electron chi connectivity index (χ3n) is 4.18. The zero-order valence-electron chi connectivity index (χ0n) is 13.3. The average Bonchev–Trinajstić information content (AvgIpc) is 2.96. The second kappa shape index (κ2) is 6.23. The summed E-state index contributed by atoms with van der Waals surface area (Å²) in [6.45, 7) is 2.73. The van der Waals surface area contributed by atoms with Crippen molar-refractivity contribution in [3.8, 4) is 0 Å². The summed E-state index contributed by atoms with van der Waals surface area (Å²) in [4.78, 5) is 18.3. The molecule has 3 heterocycles. The number of carbonyl (C=O) groups is 1. The molecule has 1 N–H and O–H groups in total. The minimum Gasteiger partial charge on any atom is -0.356 e. The molecule has 1 amide bonds. The number of alkyl halides is 3. The summed E-state index contributed by atoms with van der Waals surface area (Å²) >= 11 is 0.913. The molecule has 1 aliphatic heterocycles. The summed E-state index contributed by atoms with van der Waals surface area (Å²) in [5.74, 6) is -0.102. The Kier molecular flexibility index (Phi) is 4.42. The van der Waals surface area contributed by atoms with E-state index in [1.165, 1.54) is 19.4 Å². The Hall–Kier alpha value is -1.83. The molecule has 0 aliphatic carbocycles. The van der Waals surface area contributed by atoms with Crippen molar-refractivity contribution in [3.63, 3.8) is 0 Å². The van der Waals surface area contributed by atoms with Crippen molar-refractivity contribution in [2.45, 2.75) is 25.9 Å². The Balaban J connectivity index is 2.28. The molecule has 129 valence electrons. The number of fused-ring (bicyclic) bond motifs is 1. The number of thiophene rings is 1. The number of anilines is 1. The second-order valence-corrected chi connectivity index (χ2v) is 6.57. The van der Waals surface area contributed by atoms with Gasteiger partial charge in [0.15, 0.2) is 0 Å². The Labute approximate surface area is 141 Å². The van der Waals surface area contributed by atoms with E-state index in [9.17, 15) is 18.0 Å². The summed E-state index contributed by atoms with van der Waals surface area (Å²) in [6, 6.07) is 0. The van der Waals surface area contributed by atoms with E-state index in [1.807, 2.05) is 4.90 Å². The van der Waals surface area contributed by atoms with E-state index in [2.05, 4.69) is 16.7 Å². The van der Waals surface area contributed by atoms with Gasteiger partial charge < -0.3 is 10.2 Å². The van der Waals surface area contributed by atoms with Crippen LogP contribution in [-0.4, -0.2) is 31.0 Å². The number of nitrogens with one attached hydrogen (secondary N) is 1. The molecule has 0 saturated carbocycles. The molecule has 1 aliphatic rings. The quantitative estimate of drug-likeness (QED) is 0.891. The number of rotatable bonds is 2. The lowest BCUT2D eigenvalue weighted by atomic mass is 10.1. The Bertz CT molecular complexity index is 779. The fraction of sp³-hybridized carbons (Fsp3) is 0.438. The molecule has 2 aromatic heterocycles. The van der Waals surface area contributed by atoms with Crippen LogP contribution in [0.25, 0.3) is 10.2 Å². The maximum absolute atomic E-state index is 13.7. The molecule has 24 heavy (non-hydrogen) atoms. The molecule has 3 rings (SSSR count). The highest BCUT2D eigenvalue weighted by Gasteiger charge is 2.38. The molecular weight excluding hydrogens is 339 g/mol. The first kappa shape index (κ1) is 17.0. The van der Waals surface area contributed by atoms with Gasteiger partial charge in [-0.1, -0.05) is 0 Å². The van der Waals surface area contributed by atoms with Crippen molar-refractivity contribution >= 4 is 33.3 Å². The van der Waals surface area contributed by atoms with Gasteiger partial charge in [-0.25, -0.2) is 4.98 Å². The van der Waals surface area contributed by atoms with Crippen LogP contribution in [0, 0.1) is 13.3 Å². The smallest absolute Gasteiger partial charge is 0.356 e. The van der Waals surface area contributed by atoms with Crippen LogP contribution < -0.4 is 10.2 Å². The van der Waals surface area contributed by atoms with E-state index < -0.39 is 17.6 Å². The van der Waals surface area contributed by atoms with E-state index in [-0.39, 0.29) is 21.3 Å². The average molecular weight is 356 g/mol. The van der Waals surface area contributed by atoms with Gasteiger partial charge in [0.2, 0.25) is 0 Å². The summed E-state index contributed by atoms with van der Waals surface area (Å²) < 4.78 is 41.0. The Morgan fingerprint density at radius 1 is 1.33 bits per heavy atom. The highest BCUT2D eigenvalue weighted by Crippen LogP contribution is 2.43. The zero-order chi connectivity index (χ0) is 17.5. The van der Waals surface area contributed by atoms with Gasteiger partial charge in [0, 0.05) is 31.1 Å². The number of amides is 1. The normalized spacial score (nSPS) is 15.8. The van der Waals surface area contributed by atoms with E-state index in [1.54, 1.807) is 0 Å². The lowest BCUT2D eigenvalue weighted by molar-refractivity contribution is -0.136. The number of halogens is 3. The van der Waals surface area contributed by atoms with Crippen LogP contribution in [0.1, 0.15) is 34.3 Å². The van der Waals surface area contributed by atoms with E-state index in [0.717, 1.165) is 24.2 Å². The highest BCUT2D eigenvalue weighted by atomic mass is 32.1. The minimum atomic E-state index is -4.49. The van der Waals surface area contributed by atoms with Gasteiger partial charge in [0.1, 0.15) is 5.82 Å². The van der Waals surface area contributed by atoms with Crippen LogP contribution in [0.15, 0.2) is 5.38 Å². The number of aromatic nitrogens is 1. The van der Waals surface area contributed by atoms with Gasteiger partial charge in [-0.3, -0.25) is 4.79 Å². The largest absolute Gasteiger partial charge is 0.418 e. The Morgan fingerprint density at radius 3 is 2.58 bits per heavy atom. The lowest BCUT2D eigenvalue weighted by Gasteiger charge is -2.30. The molecule has 0 bridgehead atoms. The van der Waals surface area contributed by atoms with E-state index >= 15 is 0 Å². The van der Waals surface area contributed by atoms with Gasteiger partial charge in [-0.2, -0.15) is 13.2 Å². The van der Waals surface area contributed by atoms with E-state index in [0.29, 0.717) is 18.9 Å². The van der Waals surface area contributed by atoms with Crippen molar-refractivity contribution in [2.75, 3.05) is 25.0 Å². The van der Waals surface area contributed by atoms with Crippen LogP contribution in [0.4, 0.5) is 19.0 Å². The number of nitrogens with zero attached hydrogens (tertiary/aromatic N) is 2. The standard InChI is InChI=1S/C16H17F3N3OS/c1-9-11(16(17,18)19)13-12(10(8-24-13)15(23)20-2)21-14(9)22-6-4-3-5-7-22/h3,8H,4-7H2,1-2H3,(H,20,23). The first-order chi connectivity index (χ1) is 11.3. The molecule has 1 radical (unpaired) electrons. The second-order valence-electron chi connectivity index (χ2n) is 5.69. The van der Waals surface area contributed by atoms with Crippen LogP contribution in [0.3, 0.4) is 0 Å². The summed E-state index contributed by atoms with van der Waals surface area (Å²) in [5, 5.41) is 3.90.